The van der Waals surface area contributed by atoms with E-state index in [1.807, 2.05) is 13.8 Å². The van der Waals surface area contributed by atoms with Gasteiger partial charge in [0, 0.05) is 21.8 Å². The number of carbonyl (C=O) groups is 4. The van der Waals surface area contributed by atoms with E-state index in [0.29, 0.717) is 17.6 Å². The molecule has 21 heteroatoms. The number of hydrogen-bond acceptors (Lipinski definition) is 6. The minimum absolute atomic E-state index is 0.0569. The first-order chi connectivity index (χ1) is 25.3. The highest BCUT2D eigenvalue weighted by Crippen LogP contribution is 2.36. The summed E-state index contributed by atoms with van der Waals surface area (Å²) in [7, 11) is 0. The summed E-state index contributed by atoms with van der Waals surface area (Å²) >= 11 is 5.92. The summed E-state index contributed by atoms with van der Waals surface area (Å²) in [5.74, 6) is -1.33. The average Bonchev–Trinajstić information content (AvgIpc) is 3.02. The molecule has 0 fully saturated rings. The lowest BCUT2D eigenvalue weighted by atomic mass is 9.92. The highest BCUT2D eigenvalue weighted by molar-refractivity contribution is 9.10. The van der Waals surface area contributed by atoms with Crippen molar-refractivity contribution >= 4 is 55.5 Å². The molecule has 0 radical (unpaired) electrons. The van der Waals surface area contributed by atoms with Crippen LogP contribution in [-0.4, -0.2) is 64.1 Å². The molecule has 0 spiro atoms. The van der Waals surface area contributed by atoms with E-state index >= 15 is 0 Å². The van der Waals surface area contributed by atoms with Gasteiger partial charge in [-0.2, -0.15) is 49.6 Å². The van der Waals surface area contributed by atoms with Crippen LogP contribution in [0.3, 0.4) is 0 Å². The van der Waals surface area contributed by atoms with E-state index in [1.165, 1.54) is 32.9 Å². The maximum absolute atomic E-state index is 12.9. The molecule has 2 N–H and O–H groups in total. The zero-order valence-electron chi connectivity index (χ0n) is 31.6. The Labute approximate surface area is 335 Å². The zero-order chi connectivity index (χ0) is 43.6. The van der Waals surface area contributed by atoms with Crippen molar-refractivity contribution in [3.05, 3.63) is 56.5 Å². The van der Waals surface area contributed by atoms with Crippen LogP contribution < -0.4 is 20.3 Å². The summed E-state index contributed by atoms with van der Waals surface area (Å²) in [5.41, 5.74) is -4.70. The van der Waals surface area contributed by atoms with Crippen molar-refractivity contribution in [1.82, 2.24) is 20.8 Å². The van der Waals surface area contributed by atoms with Gasteiger partial charge in [-0.05, 0) is 83.9 Å². The van der Waals surface area contributed by atoms with Crippen molar-refractivity contribution in [2.24, 2.45) is 5.92 Å². The number of rotatable bonds is 14. The third kappa shape index (κ3) is 17.2. The molecule has 0 saturated carbocycles. The fourth-order valence-electron chi connectivity index (χ4n) is 4.30. The van der Waals surface area contributed by atoms with E-state index in [1.54, 1.807) is 20.8 Å². The first kappa shape index (κ1) is 50.3. The molecule has 56 heavy (non-hydrogen) atoms. The number of hydroxylamine groups is 4. The fraction of sp³-hybridized carbons (Fsp3) is 0.543. The number of nitrogens with one attached hydrogen (secondary N) is 2. The van der Waals surface area contributed by atoms with Gasteiger partial charge in [-0.1, -0.05) is 45.7 Å². The smallest absolute Gasteiger partial charge is 0.375 e. The van der Waals surface area contributed by atoms with Crippen LogP contribution in [0.4, 0.5) is 49.1 Å². The Balaban J connectivity index is 0.000000561. The summed E-state index contributed by atoms with van der Waals surface area (Å²) in [6.45, 7) is 12.4. The van der Waals surface area contributed by atoms with E-state index in [2.05, 4.69) is 42.5 Å². The lowest BCUT2D eigenvalue weighted by Gasteiger charge is -2.29. The Kier molecular flexibility index (Phi) is 18.0. The minimum atomic E-state index is -4.64. The summed E-state index contributed by atoms with van der Waals surface area (Å²) in [4.78, 5) is 59.6. The first-order valence-corrected chi connectivity index (χ1v) is 18.3. The van der Waals surface area contributed by atoms with Gasteiger partial charge in [0.15, 0.2) is 23.1 Å². The highest BCUT2D eigenvalue weighted by Gasteiger charge is 2.37. The maximum atomic E-state index is 12.9. The van der Waals surface area contributed by atoms with Crippen LogP contribution in [0.1, 0.15) is 85.8 Å². The standard InChI is InChI=1S/C18H24BrF3N2O3.C17H19BrF6N2O3/c1-6-24(16(26)23-17(4,5)15(25)7-11(2)3)27-14-9-12(18(20,21)22)8-13(19)10-14;1-4-26(29-12-8-10(17(22,23)24)7-11(18)9-12)14(28)25-15(2,3)13(27)5-6-16(19,20)21/h8-11H,6-7H2,1-5H3,(H,23,26);7-9H,4-6H2,1-3H3,(H,25,28). The van der Waals surface area contributed by atoms with Gasteiger partial charge < -0.3 is 20.3 Å². The van der Waals surface area contributed by atoms with Crippen LogP contribution in [-0.2, 0) is 21.9 Å². The van der Waals surface area contributed by atoms with Crippen LogP contribution in [0.25, 0.3) is 0 Å². The van der Waals surface area contributed by atoms with E-state index in [9.17, 15) is 58.7 Å². The lowest BCUT2D eigenvalue weighted by molar-refractivity contribution is -0.145. The molecule has 2 aromatic rings. The summed E-state index contributed by atoms with van der Waals surface area (Å²) < 4.78 is 115. The fourth-order valence-corrected chi connectivity index (χ4v) is 5.25. The molecule has 0 saturated heterocycles. The van der Waals surface area contributed by atoms with Crippen LogP contribution in [0.5, 0.6) is 11.5 Å². The van der Waals surface area contributed by atoms with Gasteiger partial charge in [0.05, 0.1) is 41.7 Å². The molecule has 10 nitrogen and oxygen atoms in total. The summed E-state index contributed by atoms with van der Waals surface area (Å²) in [5, 5.41) is 6.33. The van der Waals surface area contributed by atoms with Gasteiger partial charge in [0.2, 0.25) is 0 Å². The minimum Gasteiger partial charge on any atom is -0.375 e. The molecule has 0 aliphatic heterocycles. The van der Waals surface area contributed by atoms with Gasteiger partial charge in [-0.15, -0.1) is 0 Å². The molecular formula is C35H43Br2F9N4O6. The maximum Gasteiger partial charge on any atom is 0.416 e. The van der Waals surface area contributed by atoms with Crippen LogP contribution in [0, 0.1) is 5.92 Å². The predicted octanol–water partition coefficient (Wildman–Crippen LogP) is 10.7. The SMILES string of the molecule is CCN(Oc1cc(Br)cc(C(F)(F)F)c1)C(=O)NC(C)(C)C(=O)CC(C)C.CCN(Oc1cc(Br)cc(C(F)(F)F)c1)C(=O)NC(C)(C)C(=O)CCC(F)(F)F. The monoisotopic (exact) mass is 944 g/mol. The van der Waals surface area contributed by atoms with Crippen LogP contribution in [0.2, 0.25) is 0 Å². The molecule has 0 unspecified atom stereocenters. The van der Waals surface area contributed by atoms with E-state index < -0.39 is 71.4 Å². The second-order valence-electron chi connectivity index (χ2n) is 13.6. The number of halogens is 11. The molecule has 0 aromatic heterocycles. The number of Topliss-reactive ketones (excluding diaryl/α,β-unsaturated/α-hetero) is 2. The normalized spacial score (nSPS) is 12.3. The van der Waals surface area contributed by atoms with Gasteiger partial charge >= 0.3 is 30.6 Å². The van der Waals surface area contributed by atoms with E-state index in [0.717, 1.165) is 23.3 Å². The largest absolute Gasteiger partial charge is 0.416 e. The van der Waals surface area contributed by atoms with Crippen molar-refractivity contribution in [2.45, 2.75) is 104 Å². The summed E-state index contributed by atoms with van der Waals surface area (Å²) in [6.07, 6.45) is -15.6. The molecule has 316 valence electrons. The van der Waals surface area contributed by atoms with Gasteiger partial charge in [-0.3, -0.25) is 9.59 Å². The average molecular weight is 947 g/mol. The Morgan fingerprint density at radius 2 is 1.00 bits per heavy atom. The summed E-state index contributed by atoms with van der Waals surface area (Å²) in [6, 6.07) is 4.03. The number of urea groups is 2. The number of amides is 4. The predicted molar refractivity (Wildman–Crippen MR) is 194 cm³/mol. The van der Waals surface area contributed by atoms with Crippen molar-refractivity contribution < 1.29 is 68.4 Å². The molecule has 0 atom stereocenters. The molecule has 0 aliphatic carbocycles. The van der Waals surface area contributed by atoms with Crippen LogP contribution in [0.15, 0.2) is 45.3 Å². The van der Waals surface area contributed by atoms with Crippen molar-refractivity contribution in [3.63, 3.8) is 0 Å². The van der Waals surface area contributed by atoms with Gasteiger partial charge in [0.25, 0.3) is 0 Å². The second kappa shape index (κ2) is 20.1. The number of carbonyl (C=O) groups excluding carboxylic acids is 4. The second-order valence-corrected chi connectivity index (χ2v) is 15.4. The van der Waals surface area contributed by atoms with Crippen molar-refractivity contribution in [3.8, 4) is 11.5 Å². The zero-order valence-corrected chi connectivity index (χ0v) is 34.8. The number of benzene rings is 2. The molecule has 0 aliphatic rings. The Morgan fingerprint density at radius 3 is 1.30 bits per heavy atom. The first-order valence-electron chi connectivity index (χ1n) is 16.8. The molecule has 2 rings (SSSR count). The number of nitrogens with zero attached hydrogens (tertiary/aromatic N) is 2. The molecule has 0 heterocycles. The van der Waals surface area contributed by atoms with E-state index in [-0.39, 0.29) is 45.2 Å². The Morgan fingerprint density at radius 1 is 0.643 bits per heavy atom. The van der Waals surface area contributed by atoms with Gasteiger partial charge in [0.1, 0.15) is 0 Å². The van der Waals surface area contributed by atoms with Gasteiger partial charge in [-0.25, -0.2) is 9.59 Å². The van der Waals surface area contributed by atoms with E-state index in [4.69, 9.17) is 9.68 Å². The molecule has 0 bridgehead atoms. The Bertz CT molecular complexity index is 1680. The third-order valence-electron chi connectivity index (χ3n) is 7.32. The third-order valence-corrected chi connectivity index (χ3v) is 8.23. The number of alkyl halides is 9. The number of ketones is 2. The topological polar surface area (TPSA) is 117 Å². The number of hydrogen-bond donors (Lipinski definition) is 2. The quantitative estimate of drug-likeness (QED) is 0.144. The molecule has 2 aromatic carbocycles. The lowest BCUT2D eigenvalue weighted by Crippen LogP contribution is -2.55. The molecular weight excluding hydrogens is 903 g/mol. The highest BCUT2D eigenvalue weighted by atomic mass is 79.9. The Hall–Kier alpha value is -3.75. The molecule has 4 amide bonds. The van der Waals surface area contributed by atoms with Crippen LogP contribution >= 0.6 is 31.9 Å². The van der Waals surface area contributed by atoms with Crippen molar-refractivity contribution in [2.75, 3.05) is 13.1 Å². The van der Waals surface area contributed by atoms with Crippen molar-refractivity contribution in [1.29, 1.82) is 0 Å².